The molecule has 7 nitrogen and oxygen atoms in total. The zero-order valence-electron chi connectivity index (χ0n) is 25.6. The Hall–Kier alpha value is -4.43. The average molecular weight is 612 g/mol. The number of nitrogens with zero attached hydrogens (tertiary/aromatic N) is 2. The zero-order valence-corrected chi connectivity index (χ0v) is 26.5. The van der Waals surface area contributed by atoms with Crippen LogP contribution in [0.3, 0.4) is 0 Å². The SMILES string of the molecule is CCCNC(=O)C(Cc1ccccc1)N(Cc1ccc(C)cc1)C(=O)CN(c1ccccc1CC)S(=O)(=O)c1ccccc1. The van der Waals surface area contributed by atoms with E-state index in [1.54, 1.807) is 30.3 Å². The number of hydrogen-bond acceptors (Lipinski definition) is 4. The number of amides is 2. The average Bonchev–Trinajstić information content (AvgIpc) is 3.05. The fourth-order valence-corrected chi connectivity index (χ4v) is 6.57. The van der Waals surface area contributed by atoms with Gasteiger partial charge in [-0.05, 0) is 54.7 Å². The van der Waals surface area contributed by atoms with Crippen LogP contribution in [0.5, 0.6) is 0 Å². The van der Waals surface area contributed by atoms with Gasteiger partial charge in [0.25, 0.3) is 10.0 Å². The fourth-order valence-electron chi connectivity index (χ4n) is 5.10. The quantitative estimate of drug-likeness (QED) is 0.192. The minimum atomic E-state index is -4.13. The van der Waals surface area contributed by atoms with Crippen molar-refractivity contribution in [1.29, 1.82) is 0 Å². The first-order valence-electron chi connectivity index (χ1n) is 15.1. The molecule has 1 atom stereocenters. The lowest BCUT2D eigenvalue weighted by atomic mass is 10.0. The number of aryl methyl sites for hydroxylation is 2. The Labute approximate surface area is 261 Å². The van der Waals surface area contributed by atoms with Crippen molar-refractivity contribution >= 4 is 27.5 Å². The van der Waals surface area contributed by atoms with Crippen LogP contribution in [-0.4, -0.2) is 44.3 Å². The van der Waals surface area contributed by atoms with E-state index < -0.39 is 28.5 Å². The molecule has 0 spiro atoms. The van der Waals surface area contributed by atoms with Crippen LogP contribution in [0.4, 0.5) is 5.69 Å². The number of carbonyl (C=O) groups excluding carboxylic acids is 2. The maximum Gasteiger partial charge on any atom is 0.264 e. The van der Waals surface area contributed by atoms with Gasteiger partial charge in [-0.3, -0.25) is 13.9 Å². The number of carbonyl (C=O) groups is 2. The van der Waals surface area contributed by atoms with Gasteiger partial charge in [0.15, 0.2) is 0 Å². The predicted molar refractivity (Wildman–Crippen MR) is 176 cm³/mol. The summed E-state index contributed by atoms with van der Waals surface area (Å²) < 4.78 is 29.5. The monoisotopic (exact) mass is 611 g/mol. The second-order valence-electron chi connectivity index (χ2n) is 10.8. The summed E-state index contributed by atoms with van der Waals surface area (Å²) in [5.74, 6) is -0.744. The van der Waals surface area contributed by atoms with Crippen molar-refractivity contribution < 1.29 is 18.0 Å². The summed E-state index contributed by atoms with van der Waals surface area (Å²) >= 11 is 0. The third-order valence-electron chi connectivity index (χ3n) is 7.55. The van der Waals surface area contributed by atoms with E-state index in [0.717, 1.165) is 28.7 Å². The van der Waals surface area contributed by atoms with Crippen molar-refractivity contribution in [3.63, 3.8) is 0 Å². The van der Waals surface area contributed by atoms with E-state index in [1.807, 2.05) is 87.5 Å². The standard InChI is InChI=1S/C36H41N3O4S/c1-4-24-37-36(41)34(25-29-14-8-6-9-15-29)38(26-30-22-20-28(3)21-23-30)35(40)27-39(33-19-13-12-16-31(33)5-2)44(42,43)32-17-10-7-11-18-32/h6-23,34H,4-5,24-27H2,1-3H3,(H,37,41). The number of hydrogen-bond donors (Lipinski definition) is 1. The van der Waals surface area contributed by atoms with Crippen molar-refractivity contribution in [2.45, 2.75) is 57.5 Å². The number of para-hydroxylation sites is 1. The highest BCUT2D eigenvalue weighted by Crippen LogP contribution is 2.28. The Kier molecular flexibility index (Phi) is 11.3. The van der Waals surface area contributed by atoms with Crippen LogP contribution in [0.15, 0.2) is 114 Å². The number of benzene rings is 4. The molecular weight excluding hydrogens is 570 g/mol. The Morgan fingerprint density at radius 3 is 2.02 bits per heavy atom. The molecule has 0 saturated carbocycles. The second kappa shape index (κ2) is 15.3. The lowest BCUT2D eigenvalue weighted by molar-refractivity contribution is -0.140. The number of sulfonamides is 1. The Morgan fingerprint density at radius 2 is 1.39 bits per heavy atom. The van der Waals surface area contributed by atoms with Crippen molar-refractivity contribution in [1.82, 2.24) is 10.2 Å². The first kappa shape index (κ1) is 32.5. The largest absolute Gasteiger partial charge is 0.354 e. The first-order chi connectivity index (χ1) is 21.2. The van der Waals surface area contributed by atoms with Gasteiger partial charge in [-0.25, -0.2) is 8.42 Å². The molecule has 4 aromatic carbocycles. The van der Waals surface area contributed by atoms with Gasteiger partial charge >= 0.3 is 0 Å². The van der Waals surface area contributed by atoms with E-state index in [1.165, 1.54) is 21.3 Å². The summed E-state index contributed by atoms with van der Waals surface area (Å²) in [7, 11) is -4.13. The Bertz CT molecular complexity index is 1630. The minimum Gasteiger partial charge on any atom is -0.354 e. The van der Waals surface area contributed by atoms with Crippen LogP contribution in [-0.2, 0) is 39.0 Å². The normalized spacial score (nSPS) is 11.9. The van der Waals surface area contributed by atoms with Crippen LogP contribution in [0.2, 0.25) is 0 Å². The summed E-state index contributed by atoms with van der Waals surface area (Å²) in [5.41, 5.74) is 4.06. The highest BCUT2D eigenvalue weighted by molar-refractivity contribution is 7.92. The van der Waals surface area contributed by atoms with Crippen LogP contribution in [0.1, 0.15) is 42.5 Å². The van der Waals surface area contributed by atoms with E-state index in [2.05, 4.69) is 5.32 Å². The van der Waals surface area contributed by atoms with Crippen molar-refractivity contribution in [3.8, 4) is 0 Å². The molecule has 0 aliphatic carbocycles. The molecule has 0 aliphatic rings. The topological polar surface area (TPSA) is 86.8 Å². The van der Waals surface area contributed by atoms with Gasteiger partial charge in [0, 0.05) is 19.5 Å². The molecule has 0 aliphatic heterocycles. The molecule has 0 fully saturated rings. The molecule has 4 aromatic rings. The summed E-state index contributed by atoms with van der Waals surface area (Å²) in [6.07, 6.45) is 1.60. The summed E-state index contributed by atoms with van der Waals surface area (Å²) in [6.45, 7) is 6.05. The fraction of sp³-hybridized carbons (Fsp3) is 0.278. The molecule has 8 heteroatoms. The molecule has 4 rings (SSSR count). The Balaban J connectivity index is 1.81. The lowest BCUT2D eigenvalue weighted by Gasteiger charge is -2.34. The van der Waals surface area contributed by atoms with Crippen LogP contribution >= 0.6 is 0 Å². The maximum atomic E-state index is 14.5. The van der Waals surface area contributed by atoms with Crippen LogP contribution < -0.4 is 9.62 Å². The van der Waals surface area contributed by atoms with E-state index in [0.29, 0.717) is 18.7 Å². The van der Waals surface area contributed by atoms with E-state index >= 15 is 0 Å². The van der Waals surface area contributed by atoms with Gasteiger partial charge in [-0.2, -0.15) is 0 Å². The molecule has 1 unspecified atom stereocenters. The number of anilines is 1. The summed E-state index contributed by atoms with van der Waals surface area (Å²) in [6, 6.07) is 31.9. The van der Waals surface area contributed by atoms with E-state index in [9.17, 15) is 18.0 Å². The molecule has 0 radical (unpaired) electrons. The molecule has 0 aromatic heterocycles. The van der Waals surface area contributed by atoms with Crippen LogP contribution in [0, 0.1) is 6.92 Å². The Morgan fingerprint density at radius 1 is 0.773 bits per heavy atom. The van der Waals surface area contributed by atoms with E-state index in [4.69, 9.17) is 0 Å². The minimum absolute atomic E-state index is 0.0883. The highest BCUT2D eigenvalue weighted by atomic mass is 32.2. The van der Waals surface area contributed by atoms with Gasteiger partial charge in [-0.1, -0.05) is 110 Å². The third kappa shape index (κ3) is 8.14. The molecule has 2 amide bonds. The highest BCUT2D eigenvalue weighted by Gasteiger charge is 2.35. The molecule has 230 valence electrons. The zero-order chi connectivity index (χ0) is 31.5. The molecular formula is C36H41N3O4S. The first-order valence-corrected chi connectivity index (χ1v) is 16.5. The summed E-state index contributed by atoms with van der Waals surface area (Å²) in [4.78, 5) is 29.9. The number of nitrogens with one attached hydrogen (secondary N) is 1. The molecule has 0 saturated heterocycles. The molecule has 0 bridgehead atoms. The van der Waals surface area contributed by atoms with Crippen LogP contribution in [0.25, 0.3) is 0 Å². The van der Waals surface area contributed by atoms with Gasteiger partial charge in [0.1, 0.15) is 12.6 Å². The third-order valence-corrected chi connectivity index (χ3v) is 9.32. The molecule has 0 heterocycles. The van der Waals surface area contributed by atoms with E-state index in [-0.39, 0.29) is 23.8 Å². The van der Waals surface area contributed by atoms with Crippen molar-refractivity contribution in [2.75, 3.05) is 17.4 Å². The molecule has 44 heavy (non-hydrogen) atoms. The second-order valence-corrected chi connectivity index (χ2v) is 12.7. The van der Waals surface area contributed by atoms with Gasteiger partial charge in [0.2, 0.25) is 11.8 Å². The van der Waals surface area contributed by atoms with Crippen molar-refractivity contribution in [2.24, 2.45) is 0 Å². The predicted octanol–water partition coefficient (Wildman–Crippen LogP) is 5.92. The maximum absolute atomic E-state index is 14.5. The number of rotatable bonds is 14. The summed E-state index contributed by atoms with van der Waals surface area (Å²) in [5, 5.41) is 2.98. The smallest absolute Gasteiger partial charge is 0.264 e. The lowest BCUT2D eigenvalue weighted by Crippen LogP contribution is -2.53. The van der Waals surface area contributed by atoms with Gasteiger partial charge < -0.3 is 10.2 Å². The van der Waals surface area contributed by atoms with Gasteiger partial charge in [0.05, 0.1) is 10.6 Å². The van der Waals surface area contributed by atoms with Crippen molar-refractivity contribution in [3.05, 3.63) is 131 Å². The molecule has 1 N–H and O–H groups in total. The van der Waals surface area contributed by atoms with Gasteiger partial charge in [-0.15, -0.1) is 0 Å².